The van der Waals surface area contributed by atoms with Crippen LogP contribution in [0, 0.1) is 5.41 Å². The minimum absolute atomic E-state index is 0.0821. The number of amides is 1. The quantitative estimate of drug-likeness (QED) is 0.868. The third-order valence-corrected chi connectivity index (χ3v) is 3.02. The fourth-order valence-corrected chi connectivity index (χ4v) is 1.60. The molecule has 3 N–H and O–H groups in total. The third kappa shape index (κ3) is 2.33. The summed E-state index contributed by atoms with van der Waals surface area (Å²) in [7, 11) is 0. The first-order chi connectivity index (χ1) is 8.54. The second kappa shape index (κ2) is 4.74. The highest BCUT2D eigenvalue weighted by Crippen LogP contribution is 2.23. The lowest BCUT2D eigenvalue weighted by atomic mass is 9.92. The largest absolute Gasteiger partial charge is 0.329 e. The highest BCUT2D eigenvalue weighted by molar-refractivity contribution is 6.02. The predicted molar refractivity (Wildman–Crippen MR) is 73.2 cm³/mol. The van der Waals surface area contributed by atoms with E-state index in [1.165, 1.54) is 0 Å². The normalized spacial score (nSPS) is 11.5. The van der Waals surface area contributed by atoms with Crippen LogP contribution in [0.2, 0.25) is 0 Å². The van der Waals surface area contributed by atoms with Crippen molar-refractivity contribution in [2.45, 2.75) is 13.8 Å². The fourth-order valence-electron chi connectivity index (χ4n) is 1.60. The maximum Gasteiger partial charge on any atom is 0.231 e. The van der Waals surface area contributed by atoms with Crippen LogP contribution in [0.1, 0.15) is 13.8 Å². The van der Waals surface area contributed by atoms with Crippen molar-refractivity contribution < 1.29 is 4.79 Å². The number of pyridine rings is 1. The van der Waals surface area contributed by atoms with Gasteiger partial charge in [-0.1, -0.05) is 6.07 Å². The first kappa shape index (κ1) is 12.5. The Labute approximate surface area is 106 Å². The summed E-state index contributed by atoms with van der Waals surface area (Å²) in [5.41, 5.74) is 6.65. The summed E-state index contributed by atoms with van der Waals surface area (Å²) in [4.78, 5) is 16.4. The highest BCUT2D eigenvalue weighted by Gasteiger charge is 2.26. The van der Waals surface area contributed by atoms with Gasteiger partial charge in [-0.15, -0.1) is 0 Å². The van der Waals surface area contributed by atoms with Crippen LogP contribution in [0.4, 0.5) is 5.69 Å². The summed E-state index contributed by atoms with van der Waals surface area (Å²) in [6.07, 6.45) is 1.73. The molecule has 4 nitrogen and oxygen atoms in total. The topological polar surface area (TPSA) is 68.0 Å². The first-order valence-electron chi connectivity index (χ1n) is 5.90. The van der Waals surface area contributed by atoms with Gasteiger partial charge >= 0.3 is 0 Å². The Morgan fingerprint density at radius 1 is 1.33 bits per heavy atom. The first-order valence-corrected chi connectivity index (χ1v) is 5.90. The zero-order chi connectivity index (χ0) is 13.2. The van der Waals surface area contributed by atoms with Gasteiger partial charge in [0.15, 0.2) is 0 Å². The van der Waals surface area contributed by atoms with Crippen LogP contribution in [0.5, 0.6) is 0 Å². The number of nitrogens with two attached hydrogens (primary N) is 1. The van der Waals surface area contributed by atoms with E-state index in [1.807, 2.05) is 44.2 Å². The SMILES string of the molecule is CC(C)(CN)C(=O)Nc1cccc2ncccc12. The third-order valence-electron chi connectivity index (χ3n) is 3.02. The van der Waals surface area contributed by atoms with Crippen molar-refractivity contribution in [3.05, 3.63) is 36.5 Å². The number of nitrogens with one attached hydrogen (secondary N) is 1. The van der Waals surface area contributed by atoms with E-state index in [0.717, 1.165) is 16.6 Å². The Balaban J connectivity index is 2.36. The van der Waals surface area contributed by atoms with Crippen molar-refractivity contribution >= 4 is 22.5 Å². The van der Waals surface area contributed by atoms with Crippen LogP contribution in [0.15, 0.2) is 36.5 Å². The molecule has 4 heteroatoms. The Bertz CT molecular complexity index is 573. The average Bonchev–Trinajstić information content (AvgIpc) is 2.39. The second-order valence-corrected chi connectivity index (χ2v) is 4.92. The number of rotatable bonds is 3. The zero-order valence-corrected chi connectivity index (χ0v) is 10.6. The van der Waals surface area contributed by atoms with Crippen molar-refractivity contribution in [1.82, 2.24) is 4.98 Å². The number of hydrogen-bond acceptors (Lipinski definition) is 3. The van der Waals surface area contributed by atoms with E-state index in [0.29, 0.717) is 6.54 Å². The summed E-state index contributed by atoms with van der Waals surface area (Å²) in [5.74, 6) is -0.0821. The molecule has 0 aliphatic heterocycles. The highest BCUT2D eigenvalue weighted by atomic mass is 16.2. The van der Waals surface area contributed by atoms with Crippen LogP contribution in [0.3, 0.4) is 0 Å². The molecule has 2 rings (SSSR count). The van der Waals surface area contributed by atoms with Crippen LogP contribution in [-0.2, 0) is 4.79 Å². The van der Waals surface area contributed by atoms with Crippen molar-refractivity contribution in [3.8, 4) is 0 Å². The second-order valence-electron chi connectivity index (χ2n) is 4.92. The Hall–Kier alpha value is -1.94. The van der Waals surface area contributed by atoms with Gasteiger partial charge in [0, 0.05) is 18.1 Å². The number of carbonyl (C=O) groups is 1. The van der Waals surface area contributed by atoms with E-state index in [2.05, 4.69) is 10.3 Å². The van der Waals surface area contributed by atoms with Gasteiger partial charge in [-0.3, -0.25) is 9.78 Å². The molecule has 0 saturated heterocycles. The molecular formula is C14H17N3O. The number of nitrogens with zero attached hydrogens (tertiary/aromatic N) is 1. The van der Waals surface area contributed by atoms with Gasteiger partial charge in [-0.2, -0.15) is 0 Å². The molecule has 1 aromatic heterocycles. The summed E-state index contributed by atoms with van der Waals surface area (Å²) in [5, 5.41) is 3.85. The van der Waals surface area contributed by atoms with Crippen molar-refractivity contribution in [2.24, 2.45) is 11.1 Å². The molecule has 0 aliphatic carbocycles. The Morgan fingerprint density at radius 3 is 2.83 bits per heavy atom. The molecule has 0 saturated carbocycles. The maximum atomic E-state index is 12.1. The van der Waals surface area contributed by atoms with Gasteiger partial charge < -0.3 is 11.1 Å². The average molecular weight is 243 g/mol. The van der Waals surface area contributed by atoms with E-state index < -0.39 is 5.41 Å². The van der Waals surface area contributed by atoms with Crippen molar-refractivity contribution in [2.75, 3.05) is 11.9 Å². The molecule has 1 aromatic carbocycles. The monoisotopic (exact) mass is 243 g/mol. The van der Waals surface area contributed by atoms with Crippen molar-refractivity contribution in [1.29, 1.82) is 0 Å². The molecule has 18 heavy (non-hydrogen) atoms. The maximum absolute atomic E-state index is 12.1. The summed E-state index contributed by atoms with van der Waals surface area (Å²) in [6.45, 7) is 3.96. The standard InChI is InChI=1S/C14H17N3O/c1-14(2,9-15)13(18)17-12-7-3-6-11-10(12)5-4-8-16-11/h3-8H,9,15H2,1-2H3,(H,17,18). The molecular weight excluding hydrogens is 226 g/mol. The minimum Gasteiger partial charge on any atom is -0.329 e. The molecule has 0 aliphatic rings. The number of aromatic nitrogens is 1. The van der Waals surface area contributed by atoms with Gasteiger partial charge in [0.1, 0.15) is 0 Å². The Morgan fingerprint density at radius 2 is 2.11 bits per heavy atom. The summed E-state index contributed by atoms with van der Waals surface area (Å²) >= 11 is 0. The van der Waals surface area contributed by atoms with E-state index in [-0.39, 0.29) is 5.91 Å². The minimum atomic E-state index is -0.579. The molecule has 2 aromatic rings. The van der Waals surface area contributed by atoms with Crippen LogP contribution in [0.25, 0.3) is 10.9 Å². The lowest BCUT2D eigenvalue weighted by molar-refractivity contribution is -0.123. The molecule has 0 radical (unpaired) electrons. The van der Waals surface area contributed by atoms with E-state index >= 15 is 0 Å². The lowest BCUT2D eigenvalue weighted by Crippen LogP contribution is -2.37. The number of anilines is 1. The van der Waals surface area contributed by atoms with Gasteiger partial charge in [0.25, 0.3) is 0 Å². The number of fused-ring (bicyclic) bond motifs is 1. The van der Waals surface area contributed by atoms with E-state index in [1.54, 1.807) is 6.20 Å². The number of carbonyl (C=O) groups excluding carboxylic acids is 1. The molecule has 1 amide bonds. The smallest absolute Gasteiger partial charge is 0.231 e. The fraction of sp³-hybridized carbons (Fsp3) is 0.286. The predicted octanol–water partition coefficient (Wildman–Crippen LogP) is 2.16. The lowest BCUT2D eigenvalue weighted by Gasteiger charge is -2.21. The summed E-state index contributed by atoms with van der Waals surface area (Å²) in [6, 6.07) is 9.45. The number of benzene rings is 1. The van der Waals surface area contributed by atoms with Crippen LogP contribution in [-0.4, -0.2) is 17.4 Å². The van der Waals surface area contributed by atoms with Crippen LogP contribution >= 0.6 is 0 Å². The molecule has 0 fully saturated rings. The molecule has 94 valence electrons. The summed E-state index contributed by atoms with van der Waals surface area (Å²) < 4.78 is 0. The zero-order valence-electron chi connectivity index (χ0n) is 10.6. The molecule has 1 heterocycles. The van der Waals surface area contributed by atoms with Crippen LogP contribution < -0.4 is 11.1 Å². The number of hydrogen-bond donors (Lipinski definition) is 2. The Kier molecular flexibility index (Phi) is 3.30. The molecule has 0 bridgehead atoms. The van der Waals surface area contributed by atoms with Gasteiger partial charge in [-0.25, -0.2) is 0 Å². The molecule has 0 unspecified atom stereocenters. The van der Waals surface area contributed by atoms with Gasteiger partial charge in [-0.05, 0) is 38.1 Å². The van der Waals surface area contributed by atoms with Gasteiger partial charge in [0.2, 0.25) is 5.91 Å². The van der Waals surface area contributed by atoms with E-state index in [9.17, 15) is 4.79 Å². The van der Waals surface area contributed by atoms with Crippen molar-refractivity contribution in [3.63, 3.8) is 0 Å². The molecule has 0 spiro atoms. The van der Waals surface area contributed by atoms with E-state index in [4.69, 9.17) is 5.73 Å². The van der Waals surface area contributed by atoms with Gasteiger partial charge in [0.05, 0.1) is 16.6 Å². The molecule has 0 atom stereocenters.